The minimum Gasteiger partial charge on any atom is -0.496 e. The van der Waals surface area contributed by atoms with Crippen LogP contribution in [0.2, 0.25) is 0 Å². The fourth-order valence-electron chi connectivity index (χ4n) is 2.98. The van der Waals surface area contributed by atoms with Crippen molar-refractivity contribution in [3.8, 4) is 5.75 Å². The first kappa shape index (κ1) is 18.6. The molecule has 0 amide bonds. The van der Waals surface area contributed by atoms with Gasteiger partial charge in [-0.05, 0) is 37.8 Å². The average molecular weight is 333 g/mol. The molecule has 1 aliphatic rings. The number of rotatable bonds is 8. The summed E-state index contributed by atoms with van der Waals surface area (Å²) in [7, 11) is 3.49. The summed E-state index contributed by atoms with van der Waals surface area (Å²) in [4.78, 5) is 4.26. The van der Waals surface area contributed by atoms with Crippen molar-refractivity contribution >= 4 is 5.96 Å². The van der Waals surface area contributed by atoms with Crippen LogP contribution in [0, 0.1) is 6.92 Å². The van der Waals surface area contributed by atoms with Crippen LogP contribution in [0.15, 0.2) is 23.2 Å². The van der Waals surface area contributed by atoms with Crippen LogP contribution in [0.3, 0.4) is 0 Å². The summed E-state index contributed by atoms with van der Waals surface area (Å²) in [6.07, 6.45) is 6.59. The van der Waals surface area contributed by atoms with Gasteiger partial charge in [0.25, 0.3) is 0 Å². The van der Waals surface area contributed by atoms with Gasteiger partial charge in [-0.2, -0.15) is 0 Å². The van der Waals surface area contributed by atoms with E-state index in [2.05, 4.69) is 34.7 Å². The Bertz CT molecular complexity index is 525. The van der Waals surface area contributed by atoms with Gasteiger partial charge >= 0.3 is 0 Å². The lowest BCUT2D eigenvalue weighted by Crippen LogP contribution is -2.37. The molecule has 0 atom stereocenters. The second-order valence-corrected chi connectivity index (χ2v) is 6.30. The van der Waals surface area contributed by atoms with Gasteiger partial charge in [-0.25, -0.2) is 0 Å². The zero-order chi connectivity index (χ0) is 17.2. The molecule has 1 aliphatic carbocycles. The highest BCUT2D eigenvalue weighted by Crippen LogP contribution is 2.21. The largest absolute Gasteiger partial charge is 0.496 e. The molecule has 134 valence electrons. The Labute approximate surface area is 145 Å². The molecule has 1 fully saturated rings. The van der Waals surface area contributed by atoms with Crippen molar-refractivity contribution in [2.75, 3.05) is 27.3 Å². The number of methoxy groups -OCH3 is 1. The highest BCUT2D eigenvalue weighted by molar-refractivity contribution is 5.79. The first-order valence-corrected chi connectivity index (χ1v) is 8.92. The van der Waals surface area contributed by atoms with E-state index in [1.54, 1.807) is 14.2 Å². The number of aryl methyl sites for hydroxylation is 1. The van der Waals surface area contributed by atoms with Crippen LogP contribution in [0.25, 0.3) is 0 Å². The maximum Gasteiger partial charge on any atom is 0.191 e. The molecule has 2 rings (SSSR count). The lowest BCUT2D eigenvalue weighted by molar-refractivity contribution is 0.0574. The van der Waals surface area contributed by atoms with Gasteiger partial charge in [0.05, 0.1) is 13.2 Å². The molecule has 0 bridgehead atoms. The van der Waals surface area contributed by atoms with Gasteiger partial charge in [0, 0.05) is 32.3 Å². The second-order valence-electron chi connectivity index (χ2n) is 6.30. The summed E-state index contributed by atoms with van der Waals surface area (Å²) in [6.45, 7) is 4.42. The summed E-state index contributed by atoms with van der Waals surface area (Å²) < 4.78 is 11.3. The average Bonchev–Trinajstić information content (AvgIpc) is 3.11. The monoisotopic (exact) mass is 333 g/mol. The summed E-state index contributed by atoms with van der Waals surface area (Å²) in [5.74, 6) is 1.71. The Morgan fingerprint density at radius 2 is 2.04 bits per heavy atom. The van der Waals surface area contributed by atoms with Crippen molar-refractivity contribution in [3.63, 3.8) is 0 Å². The number of guanidine groups is 1. The SMILES string of the molecule is CN=C(NCCCOC1CCCC1)NCc1ccc(C)cc1OC. The Morgan fingerprint density at radius 1 is 1.25 bits per heavy atom. The van der Waals surface area contributed by atoms with Crippen LogP contribution < -0.4 is 15.4 Å². The lowest BCUT2D eigenvalue weighted by Gasteiger charge is -2.15. The van der Waals surface area contributed by atoms with Gasteiger partial charge < -0.3 is 20.1 Å². The molecule has 0 saturated heterocycles. The molecule has 0 spiro atoms. The minimum atomic E-state index is 0.497. The van der Waals surface area contributed by atoms with Crippen LogP contribution in [0.1, 0.15) is 43.2 Å². The standard InChI is InChI=1S/C19H31N3O2/c1-15-9-10-16(18(13-15)23-3)14-22-19(20-2)21-11-6-12-24-17-7-4-5-8-17/h9-10,13,17H,4-8,11-12,14H2,1-3H3,(H2,20,21,22). The maximum atomic E-state index is 5.87. The van der Waals surface area contributed by atoms with Crippen molar-refractivity contribution < 1.29 is 9.47 Å². The number of ether oxygens (including phenoxy) is 2. The second kappa shape index (κ2) is 10.2. The molecular formula is C19H31N3O2. The van der Waals surface area contributed by atoms with E-state index in [-0.39, 0.29) is 0 Å². The highest BCUT2D eigenvalue weighted by atomic mass is 16.5. The number of nitrogens with one attached hydrogen (secondary N) is 2. The molecular weight excluding hydrogens is 302 g/mol. The highest BCUT2D eigenvalue weighted by Gasteiger charge is 2.14. The first-order valence-electron chi connectivity index (χ1n) is 8.92. The Hall–Kier alpha value is -1.75. The molecule has 0 aromatic heterocycles. The van der Waals surface area contributed by atoms with Crippen molar-refractivity contribution in [2.24, 2.45) is 4.99 Å². The molecule has 1 saturated carbocycles. The number of aliphatic imine (C=N–C) groups is 1. The Kier molecular flexibility index (Phi) is 7.89. The molecule has 0 aliphatic heterocycles. The third kappa shape index (κ3) is 6.04. The van der Waals surface area contributed by atoms with Gasteiger partial charge in [-0.3, -0.25) is 4.99 Å². The Morgan fingerprint density at radius 3 is 2.75 bits per heavy atom. The zero-order valence-electron chi connectivity index (χ0n) is 15.2. The van der Waals surface area contributed by atoms with E-state index in [0.29, 0.717) is 12.6 Å². The molecule has 2 N–H and O–H groups in total. The summed E-state index contributed by atoms with van der Waals surface area (Å²) in [5, 5.41) is 6.66. The summed E-state index contributed by atoms with van der Waals surface area (Å²) >= 11 is 0. The van der Waals surface area contributed by atoms with Gasteiger partial charge in [0.2, 0.25) is 0 Å². The predicted molar refractivity (Wildman–Crippen MR) is 98.8 cm³/mol. The van der Waals surface area contributed by atoms with E-state index in [9.17, 15) is 0 Å². The molecule has 0 unspecified atom stereocenters. The van der Waals surface area contributed by atoms with Crippen LogP contribution in [0.5, 0.6) is 5.75 Å². The van der Waals surface area contributed by atoms with Crippen LogP contribution in [0.4, 0.5) is 0 Å². The molecule has 5 heteroatoms. The zero-order valence-corrected chi connectivity index (χ0v) is 15.2. The quantitative estimate of drug-likeness (QED) is 0.436. The van der Waals surface area contributed by atoms with Gasteiger partial charge in [0.15, 0.2) is 5.96 Å². The lowest BCUT2D eigenvalue weighted by atomic mass is 10.1. The van der Waals surface area contributed by atoms with Gasteiger partial charge in [0.1, 0.15) is 5.75 Å². The fourth-order valence-corrected chi connectivity index (χ4v) is 2.98. The molecule has 5 nitrogen and oxygen atoms in total. The first-order chi connectivity index (χ1) is 11.7. The smallest absolute Gasteiger partial charge is 0.191 e. The maximum absolute atomic E-state index is 5.87. The van der Waals surface area contributed by atoms with E-state index in [1.165, 1.54) is 31.2 Å². The van der Waals surface area contributed by atoms with E-state index >= 15 is 0 Å². The molecule has 24 heavy (non-hydrogen) atoms. The van der Waals surface area contributed by atoms with Crippen molar-refractivity contribution in [1.82, 2.24) is 10.6 Å². The van der Waals surface area contributed by atoms with E-state index < -0.39 is 0 Å². The van der Waals surface area contributed by atoms with Crippen molar-refractivity contribution in [1.29, 1.82) is 0 Å². The van der Waals surface area contributed by atoms with Gasteiger partial charge in [-0.15, -0.1) is 0 Å². The van der Waals surface area contributed by atoms with E-state index in [1.807, 2.05) is 6.07 Å². The summed E-state index contributed by atoms with van der Waals surface area (Å²) in [6, 6.07) is 6.23. The number of nitrogens with zero attached hydrogens (tertiary/aromatic N) is 1. The predicted octanol–water partition coefficient (Wildman–Crippen LogP) is 3.02. The Balaban J connectivity index is 1.66. The normalized spacial score (nSPS) is 15.5. The number of hydrogen-bond acceptors (Lipinski definition) is 3. The van der Waals surface area contributed by atoms with Crippen LogP contribution in [-0.2, 0) is 11.3 Å². The topological polar surface area (TPSA) is 54.9 Å². The van der Waals surface area contributed by atoms with E-state index in [4.69, 9.17) is 9.47 Å². The van der Waals surface area contributed by atoms with Crippen LogP contribution in [-0.4, -0.2) is 39.4 Å². The number of benzene rings is 1. The number of hydrogen-bond donors (Lipinski definition) is 2. The third-order valence-corrected chi connectivity index (χ3v) is 4.38. The molecule has 1 aromatic rings. The van der Waals surface area contributed by atoms with Crippen molar-refractivity contribution in [3.05, 3.63) is 29.3 Å². The summed E-state index contributed by atoms with van der Waals surface area (Å²) in [5.41, 5.74) is 2.32. The molecule has 1 aromatic carbocycles. The molecule has 0 heterocycles. The van der Waals surface area contributed by atoms with E-state index in [0.717, 1.165) is 36.8 Å². The van der Waals surface area contributed by atoms with Crippen molar-refractivity contribution in [2.45, 2.75) is 51.7 Å². The van der Waals surface area contributed by atoms with Crippen LogP contribution >= 0.6 is 0 Å². The fraction of sp³-hybridized carbons (Fsp3) is 0.632. The van der Waals surface area contributed by atoms with Gasteiger partial charge in [-0.1, -0.05) is 25.0 Å². The molecule has 0 radical (unpaired) electrons. The third-order valence-electron chi connectivity index (χ3n) is 4.38. The minimum absolute atomic E-state index is 0.497.